The smallest absolute Gasteiger partial charge is 0.270 e. The lowest BCUT2D eigenvalue weighted by molar-refractivity contribution is 0.0991. The zero-order valence-electron chi connectivity index (χ0n) is 7.26. The van der Waals surface area contributed by atoms with E-state index in [2.05, 4.69) is 15.2 Å². The Morgan fingerprint density at radius 1 is 1.77 bits per heavy atom. The van der Waals surface area contributed by atoms with Gasteiger partial charge < -0.3 is 4.52 Å². The first kappa shape index (κ1) is 9.28. The fourth-order valence-corrected chi connectivity index (χ4v) is 0.754. The highest BCUT2D eigenvalue weighted by Crippen LogP contribution is 2.15. The second-order valence-corrected chi connectivity index (χ2v) is 2.76. The van der Waals surface area contributed by atoms with Crippen molar-refractivity contribution in [3.8, 4) is 0 Å². The molecule has 0 fully saturated rings. The molecule has 0 radical (unpaired) electrons. The molecular weight excluding hydrogens is 172 g/mol. The van der Waals surface area contributed by atoms with Crippen LogP contribution in [-0.4, -0.2) is 11.1 Å². The van der Waals surface area contributed by atoms with Crippen LogP contribution in [0.5, 0.6) is 0 Å². The summed E-state index contributed by atoms with van der Waals surface area (Å²) in [5.41, 5.74) is 8.04. The normalized spacial score (nSPS) is 9.77. The van der Waals surface area contributed by atoms with Crippen molar-refractivity contribution in [1.29, 1.82) is 0 Å². The van der Waals surface area contributed by atoms with Crippen molar-refractivity contribution in [3.63, 3.8) is 0 Å². The Hall–Kier alpha value is -1.81. The van der Waals surface area contributed by atoms with Gasteiger partial charge in [0.05, 0.1) is 0 Å². The van der Waals surface area contributed by atoms with Crippen LogP contribution >= 0.6 is 0 Å². The molecule has 0 saturated carbocycles. The van der Waals surface area contributed by atoms with Gasteiger partial charge in [-0.25, -0.2) is 0 Å². The Labute approximate surface area is 74.2 Å². The van der Waals surface area contributed by atoms with Gasteiger partial charge in [0.1, 0.15) is 5.76 Å². The predicted octanol–water partition coefficient (Wildman–Crippen LogP) is 2.25. The van der Waals surface area contributed by atoms with Crippen LogP contribution in [0.4, 0.5) is 0 Å². The maximum absolute atomic E-state index is 10.9. The van der Waals surface area contributed by atoms with E-state index in [1.54, 1.807) is 0 Å². The molecule has 6 nitrogen and oxygen atoms in total. The summed E-state index contributed by atoms with van der Waals surface area (Å²) in [4.78, 5) is 13.3. The second kappa shape index (κ2) is 3.73. The van der Waals surface area contributed by atoms with Gasteiger partial charge in [-0.2, -0.15) is 0 Å². The highest BCUT2D eigenvalue weighted by atomic mass is 16.5. The summed E-state index contributed by atoms with van der Waals surface area (Å²) in [5, 5.41) is 6.35. The van der Waals surface area contributed by atoms with Crippen molar-refractivity contribution in [1.82, 2.24) is 5.16 Å². The van der Waals surface area contributed by atoms with Crippen LogP contribution in [0.1, 0.15) is 36.0 Å². The van der Waals surface area contributed by atoms with E-state index in [1.165, 1.54) is 6.07 Å². The highest BCUT2D eigenvalue weighted by molar-refractivity contribution is 5.92. The first-order valence-corrected chi connectivity index (χ1v) is 3.71. The molecule has 0 aliphatic heterocycles. The van der Waals surface area contributed by atoms with E-state index >= 15 is 0 Å². The zero-order valence-corrected chi connectivity index (χ0v) is 7.26. The van der Waals surface area contributed by atoms with Crippen LogP contribution in [0.2, 0.25) is 0 Å². The minimum absolute atomic E-state index is 0.0431. The number of azide groups is 1. The quantitative estimate of drug-likeness (QED) is 0.397. The van der Waals surface area contributed by atoms with Crippen molar-refractivity contribution in [2.45, 2.75) is 19.8 Å². The van der Waals surface area contributed by atoms with Gasteiger partial charge in [0, 0.05) is 16.9 Å². The number of carbonyl (C=O) groups excluding carboxylic acids is 1. The summed E-state index contributed by atoms with van der Waals surface area (Å²) in [6.07, 6.45) is 0. The number of hydrogen-bond donors (Lipinski definition) is 0. The molecule has 0 bridgehead atoms. The number of rotatable bonds is 2. The molecule has 0 spiro atoms. The third-order valence-electron chi connectivity index (χ3n) is 1.45. The lowest BCUT2D eigenvalue weighted by Crippen LogP contribution is -1.92. The second-order valence-electron chi connectivity index (χ2n) is 2.76. The van der Waals surface area contributed by atoms with Crippen LogP contribution in [0.3, 0.4) is 0 Å². The van der Waals surface area contributed by atoms with E-state index in [-0.39, 0.29) is 11.6 Å². The lowest BCUT2D eigenvalue weighted by atomic mass is 10.1. The standard InChI is InChI=1S/C7H8N4O2/c1-4(2)6-3-5(10-13-6)7(12)9-11-8/h3-4H,1-2H3. The number of aromatic nitrogens is 1. The maximum Gasteiger partial charge on any atom is 0.270 e. The Kier molecular flexibility index (Phi) is 2.66. The van der Waals surface area contributed by atoms with Gasteiger partial charge in [-0.15, -0.1) is 0 Å². The van der Waals surface area contributed by atoms with E-state index in [9.17, 15) is 4.79 Å². The van der Waals surface area contributed by atoms with E-state index in [0.717, 1.165) is 0 Å². The van der Waals surface area contributed by atoms with Gasteiger partial charge in [0.15, 0.2) is 5.69 Å². The Morgan fingerprint density at radius 3 is 2.92 bits per heavy atom. The van der Waals surface area contributed by atoms with Gasteiger partial charge in [0.2, 0.25) is 0 Å². The van der Waals surface area contributed by atoms with E-state index in [1.807, 2.05) is 13.8 Å². The molecule has 0 unspecified atom stereocenters. The monoisotopic (exact) mass is 180 g/mol. The topological polar surface area (TPSA) is 91.9 Å². The molecule has 0 aliphatic rings. The van der Waals surface area contributed by atoms with E-state index in [0.29, 0.717) is 5.76 Å². The Morgan fingerprint density at radius 2 is 2.46 bits per heavy atom. The molecular formula is C7H8N4O2. The largest absolute Gasteiger partial charge is 0.360 e. The molecule has 6 heteroatoms. The van der Waals surface area contributed by atoms with E-state index < -0.39 is 5.91 Å². The number of amides is 1. The minimum Gasteiger partial charge on any atom is -0.360 e. The van der Waals surface area contributed by atoms with Crippen LogP contribution in [0.15, 0.2) is 15.7 Å². The van der Waals surface area contributed by atoms with Crippen molar-refractivity contribution in [2.24, 2.45) is 5.11 Å². The molecule has 68 valence electrons. The molecule has 0 atom stereocenters. The predicted molar refractivity (Wildman–Crippen MR) is 44.1 cm³/mol. The molecule has 1 heterocycles. The summed E-state index contributed by atoms with van der Waals surface area (Å²) in [6.45, 7) is 3.81. The van der Waals surface area contributed by atoms with E-state index in [4.69, 9.17) is 10.1 Å². The third-order valence-corrected chi connectivity index (χ3v) is 1.45. The molecule has 1 amide bonds. The van der Waals surface area contributed by atoms with Gasteiger partial charge in [0.25, 0.3) is 5.91 Å². The molecule has 1 aromatic rings. The fourth-order valence-electron chi connectivity index (χ4n) is 0.754. The highest BCUT2D eigenvalue weighted by Gasteiger charge is 2.12. The van der Waals surface area contributed by atoms with Crippen LogP contribution in [-0.2, 0) is 0 Å². The molecule has 1 rings (SSSR count). The van der Waals surface area contributed by atoms with Crippen molar-refractivity contribution < 1.29 is 9.32 Å². The molecule has 13 heavy (non-hydrogen) atoms. The van der Waals surface area contributed by atoms with Crippen LogP contribution in [0, 0.1) is 0 Å². The third kappa shape index (κ3) is 2.07. The van der Waals surface area contributed by atoms with Gasteiger partial charge in [-0.3, -0.25) is 4.79 Å². The van der Waals surface area contributed by atoms with Gasteiger partial charge in [-0.05, 0) is 10.6 Å². The van der Waals surface area contributed by atoms with Gasteiger partial charge in [-0.1, -0.05) is 19.0 Å². The number of nitrogens with zero attached hydrogens (tertiary/aromatic N) is 4. The first-order valence-electron chi connectivity index (χ1n) is 3.71. The first-order chi connectivity index (χ1) is 6.15. The minimum atomic E-state index is -0.724. The lowest BCUT2D eigenvalue weighted by Gasteiger charge is -1.92. The summed E-state index contributed by atoms with van der Waals surface area (Å²) in [5.74, 6) is 0.0229. The van der Waals surface area contributed by atoms with Crippen LogP contribution in [0.25, 0.3) is 10.4 Å². The molecule has 0 saturated heterocycles. The molecule has 0 aliphatic carbocycles. The van der Waals surface area contributed by atoms with Crippen molar-refractivity contribution >= 4 is 5.91 Å². The van der Waals surface area contributed by atoms with Crippen LogP contribution < -0.4 is 0 Å². The number of hydrogen-bond acceptors (Lipinski definition) is 3. The average molecular weight is 180 g/mol. The molecule has 1 aromatic heterocycles. The van der Waals surface area contributed by atoms with Crippen molar-refractivity contribution in [3.05, 3.63) is 28.0 Å². The maximum atomic E-state index is 10.9. The summed E-state index contributed by atoms with van der Waals surface area (Å²) in [7, 11) is 0. The summed E-state index contributed by atoms with van der Waals surface area (Å²) in [6, 6.07) is 1.47. The van der Waals surface area contributed by atoms with Crippen molar-refractivity contribution in [2.75, 3.05) is 0 Å². The summed E-state index contributed by atoms with van der Waals surface area (Å²) >= 11 is 0. The molecule has 0 aromatic carbocycles. The average Bonchev–Trinajstić information content (AvgIpc) is 2.52. The SMILES string of the molecule is CC(C)c1cc(C(=O)N=[N+]=[N-])no1. The van der Waals surface area contributed by atoms with Gasteiger partial charge >= 0.3 is 0 Å². The Balaban J connectivity index is 2.91. The Bertz CT molecular complexity index is 362. The fraction of sp³-hybridized carbons (Fsp3) is 0.429. The number of carbonyl (C=O) groups is 1. The zero-order chi connectivity index (χ0) is 9.84. The molecule has 0 N–H and O–H groups in total. The summed E-state index contributed by atoms with van der Waals surface area (Å²) < 4.78 is 4.84.